The number of carbonyl (C=O) groups is 1. The van der Waals surface area contributed by atoms with Crippen LogP contribution in [0.15, 0.2) is 31.0 Å². The van der Waals surface area contributed by atoms with Crippen molar-refractivity contribution in [3.8, 4) is 17.3 Å². The molecule has 1 aliphatic rings. The first-order valence-corrected chi connectivity index (χ1v) is 12.2. The Morgan fingerprint density at radius 3 is 2.78 bits per heavy atom. The molecular formula is C24H30F3N7O2. The SMILES string of the molecule is CCN1C(=O)N[C@@H](CCC(F)(F)F)CCCCCOc2nc(cn3ccnc23)-c2cc(ncn2)[C@H]1C. The summed E-state index contributed by atoms with van der Waals surface area (Å²) in [6, 6.07) is 0.321. The first kappa shape index (κ1) is 25.6. The summed E-state index contributed by atoms with van der Waals surface area (Å²) in [6.45, 7) is 4.39. The Labute approximate surface area is 207 Å². The van der Waals surface area contributed by atoms with E-state index in [2.05, 4.69) is 25.3 Å². The number of carbonyl (C=O) groups excluding carboxylic acids is 1. The fraction of sp³-hybridized carbons (Fsp3) is 0.542. The minimum absolute atomic E-state index is 0.164. The predicted molar refractivity (Wildman–Crippen MR) is 126 cm³/mol. The highest BCUT2D eigenvalue weighted by Crippen LogP contribution is 2.27. The topological polar surface area (TPSA) is 97.5 Å². The summed E-state index contributed by atoms with van der Waals surface area (Å²) >= 11 is 0. The molecule has 194 valence electrons. The van der Waals surface area contributed by atoms with Crippen molar-refractivity contribution in [2.45, 2.75) is 70.6 Å². The van der Waals surface area contributed by atoms with Gasteiger partial charge < -0.3 is 19.4 Å². The summed E-state index contributed by atoms with van der Waals surface area (Å²) in [5.74, 6) is 0.380. The molecular weight excluding hydrogens is 475 g/mol. The van der Waals surface area contributed by atoms with Crippen molar-refractivity contribution in [3.63, 3.8) is 0 Å². The molecule has 3 aromatic heterocycles. The summed E-state index contributed by atoms with van der Waals surface area (Å²) in [5.41, 5.74) is 2.29. The highest BCUT2D eigenvalue weighted by Gasteiger charge is 2.30. The molecule has 4 rings (SSSR count). The lowest BCUT2D eigenvalue weighted by molar-refractivity contribution is -0.136. The third kappa shape index (κ3) is 6.21. The number of ether oxygens (including phenoxy) is 1. The van der Waals surface area contributed by atoms with Crippen molar-refractivity contribution in [1.82, 2.24) is 34.6 Å². The molecule has 0 saturated heterocycles. The van der Waals surface area contributed by atoms with Crippen LogP contribution in [-0.2, 0) is 0 Å². The van der Waals surface area contributed by atoms with E-state index >= 15 is 0 Å². The fourth-order valence-corrected chi connectivity index (χ4v) is 4.34. The zero-order chi connectivity index (χ0) is 25.7. The molecule has 1 N–H and O–H groups in total. The number of urea groups is 1. The average Bonchev–Trinajstić information content (AvgIpc) is 3.33. The predicted octanol–water partition coefficient (Wildman–Crippen LogP) is 4.94. The van der Waals surface area contributed by atoms with Gasteiger partial charge in [0.05, 0.1) is 24.0 Å². The molecule has 0 aliphatic carbocycles. The zero-order valence-electron chi connectivity index (χ0n) is 20.3. The van der Waals surface area contributed by atoms with Crippen LogP contribution >= 0.6 is 0 Å². The van der Waals surface area contributed by atoms with Gasteiger partial charge in [0, 0.05) is 37.6 Å². The molecule has 12 heteroatoms. The lowest BCUT2D eigenvalue weighted by Crippen LogP contribution is -2.46. The van der Waals surface area contributed by atoms with E-state index in [1.54, 1.807) is 29.6 Å². The molecule has 2 amide bonds. The average molecular weight is 506 g/mol. The van der Waals surface area contributed by atoms with Crippen LogP contribution in [0.25, 0.3) is 17.0 Å². The Bertz CT molecular complexity index is 1180. The molecule has 4 bridgehead atoms. The van der Waals surface area contributed by atoms with Crippen molar-refractivity contribution in [2.24, 2.45) is 0 Å². The lowest BCUT2D eigenvalue weighted by Gasteiger charge is -2.30. The molecule has 0 saturated carbocycles. The first-order chi connectivity index (χ1) is 17.2. The van der Waals surface area contributed by atoms with E-state index < -0.39 is 30.7 Å². The monoisotopic (exact) mass is 505 g/mol. The van der Waals surface area contributed by atoms with Crippen LogP contribution in [0.5, 0.6) is 5.88 Å². The quantitative estimate of drug-likeness (QED) is 0.541. The minimum atomic E-state index is -4.28. The third-order valence-corrected chi connectivity index (χ3v) is 6.33. The second-order valence-corrected chi connectivity index (χ2v) is 8.88. The van der Waals surface area contributed by atoms with Crippen LogP contribution < -0.4 is 10.1 Å². The van der Waals surface area contributed by atoms with Gasteiger partial charge in [-0.25, -0.2) is 24.7 Å². The van der Waals surface area contributed by atoms with Crippen LogP contribution in [0.4, 0.5) is 18.0 Å². The molecule has 9 nitrogen and oxygen atoms in total. The van der Waals surface area contributed by atoms with Gasteiger partial charge in [0.25, 0.3) is 5.88 Å². The number of nitrogens with one attached hydrogen (secondary N) is 1. The number of aromatic nitrogens is 5. The van der Waals surface area contributed by atoms with Crippen molar-refractivity contribution < 1.29 is 22.7 Å². The highest BCUT2D eigenvalue weighted by atomic mass is 19.4. The van der Waals surface area contributed by atoms with Gasteiger partial charge in [0.2, 0.25) is 5.65 Å². The largest absolute Gasteiger partial charge is 0.475 e. The molecule has 36 heavy (non-hydrogen) atoms. The number of imidazole rings is 1. The lowest BCUT2D eigenvalue weighted by atomic mass is 10.0. The van der Waals surface area contributed by atoms with Gasteiger partial charge >= 0.3 is 12.2 Å². The molecule has 0 radical (unpaired) electrons. The second kappa shape index (κ2) is 11.1. The molecule has 2 atom stereocenters. The number of hydrogen-bond donors (Lipinski definition) is 1. The summed E-state index contributed by atoms with van der Waals surface area (Å²) in [4.78, 5) is 32.4. The van der Waals surface area contributed by atoms with E-state index in [1.165, 1.54) is 6.33 Å². The smallest absolute Gasteiger partial charge is 0.389 e. The Balaban J connectivity index is 1.66. The van der Waals surface area contributed by atoms with Crippen LogP contribution in [-0.4, -0.2) is 60.6 Å². The van der Waals surface area contributed by atoms with E-state index in [-0.39, 0.29) is 6.42 Å². The van der Waals surface area contributed by atoms with Gasteiger partial charge in [-0.2, -0.15) is 13.2 Å². The van der Waals surface area contributed by atoms with E-state index in [0.29, 0.717) is 61.0 Å². The standard InChI is InChI=1S/C24H30F3N7O2/c1-3-34-16(2)18-13-19(30-15-29-18)20-14-33-11-10-28-21(33)22(32-20)36-12-6-4-5-7-17(31-23(34)35)8-9-24(25,26)27/h10-11,13-17H,3-9,12H2,1-2H3,(H,31,35)/t16-,17-/m1/s1. The van der Waals surface area contributed by atoms with Crippen molar-refractivity contribution >= 4 is 11.7 Å². The molecule has 1 aliphatic heterocycles. The highest BCUT2D eigenvalue weighted by molar-refractivity contribution is 5.75. The Morgan fingerprint density at radius 2 is 2.00 bits per heavy atom. The van der Waals surface area contributed by atoms with Gasteiger partial charge in [-0.1, -0.05) is 6.42 Å². The van der Waals surface area contributed by atoms with Crippen LogP contribution in [0.3, 0.4) is 0 Å². The zero-order valence-corrected chi connectivity index (χ0v) is 20.3. The van der Waals surface area contributed by atoms with E-state index in [4.69, 9.17) is 4.74 Å². The maximum atomic E-state index is 13.1. The van der Waals surface area contributed by atoms with E-state index in [1.807, 2.05) is 18.2 Å². The number of nitrogens with zero attached hydrogens (tertiary/aromatic N) is 6. The van der Waals surface area contributed by atoms with Gasteiger partial charge in [-0.05, 0) is 45.6 Å². The summed E-state index contributed by atoms with van der Waals surface area (Å²) in [6.07, 6.45) is 3.82. The third-order valence-electron chi connectivity index (χ3n) is 6.33. The van der Waals surface area contributed by atoms with Gasteiger partial charge in [-0.3, -0.25) is 0 Å². The maximum absolute atomic E-state index is 13.1. The molecule has 4 heterocycles. The normalized spacial score (nSPS) is 20.0. The van der Waals surface area contributed by atoms with Gasteiger partial charge in [-0.15, -0.1) is 0 Å². The first-order valence-electron chi connectivity index (χ1n) is 12.2. The number of halogens is 3. The molecule has 0 aromatic carbocycles. The number of amides is 2. The van der Waals surface area contributed by atoms with Gasteiger partial charge in [0.15, 0.2) is 0 Å². The summed E-state index contributed by atoms with van der Waals surface area (Å²) < 4.78 is 46.5. The minimum Gasteiger partial charge on any atom is -0.475 e. The maximum Gasteiger partial charge on any atom is 0.389 e. The van der Waals surface area contributed by atoms with Crippen LogP contribution in [0, 0.1) is 0 Å². The Hall–Kier alpha value is -3.44. The summed E-state index contributed by atoms with van der Waals surface area (Å²) in [7, 11) is 0. The van der Waals surface area contributed by atoms with Crippen molar-refractivity contribution in [3.05, 3.63) is 36.7 Å². The van der Waals surface area contributed by atoms with Crippen molar-refractivity contribution in [1.29, 1.82) is 0 Å². The number of rotatable bonds is 3. The second-order valence-electron chi connectivity index (χ2n) is 8.88. The van der Waals surface area contributed by atoms with Crippen molar-refractivity contribution in [2.75, 3.05) is 13.2 Å². The number of fused-ring (bicyclic) bond motifs is 7. The van der Waals surface area contributed by atoms with E-state index in [0.717, 1.165) is 6.42 Å². The van der Waals surface area contributed by atoms with Crippen LogP contribution in [0.2, 0.25) is 0 Å². The molecule has 0 fully saturated rings. The Kier molecular flexibility index (Phi) is 7.90. The van der Waals surface area contributed by atoms with Gasteiger partial charge in [0.1, 0.15) is 12.0 Å². The number of alkyl halides is 3. The molecule has 0 spiro atoms. The number of hydrogen-bond acceptors (Lipinski definition) is 6. The van der Waals surface area contributed by atoms with Crippen LogP contribution in [0.1, 0.15) is 64.1 Å². The Morgan fingerprint density at radius 1 is 1.17 bits per heavy atom. The molecule has 3 aromatic rings. The molecule has 0 unspecified atom stereocenters. The fourth-order valence-electron chi connectivity index (χ4n) is 4.34. The summed E-state index contributed by atoms with van der Waals surface area (Å²) in [5, 5.41) is 2.84. The van der Waals surface area contributed by atoms with E-state index in [9.17, 15) is 18.0 Å².